The van der Waals surface area contributed by atoms with Crippen LogP contribution in [0, 0.1) is 13.8 Å². The third-order valence-corrected chi connectivity index (χ3v) is 4.90. The fourth-order valence-corrected chi connectivity index (χ4v) is 3.22. The standard InChI is InChI=1S/C24H34N4O5/c1-15-19(27-21(30)16(2)26-15)8-6-7-13-25-22(31)20(28-23(32)33-24(3,4)5)14-17-9-11-18(29)12-10-17/h9-12,20,29H,6-8,13-14H2,1-5H3,(H,25,31)(H,27,30)(H,28,32)/t20-/m0/s1. The highest BCUT2D eigenvalue weighted by molar-refractivity contribution is 5.86. The number of alkyl carbamates (subject to hydrolysis) is 1. The molecular weight excluding hydrogens is 424 g/mol. The van der Waals surface area contributed by atoms with E-state index >= 15 is 0 Å². The number of nitrogens with zero attached hydrogens (tertiary/aromatic N) is 1. The molecule has 2 aromatic rings. The number of aryl methyl sites for hydroxylation is 3. The van der Waals surface area contributed by atoms with Crippen molar-refractivity contribution >= 4 is 12.0 Å². The number of hydrogen-bond donors (Lipinski definition) is 4. The Kier molecular flexibility index (Phi) is 9.02. The molecular formula is C24H34N4O5. The molecule has 4 N–H and O–H groups in total. The molecule has 9 heteroatoms. The van der Waals surface area contributed by atoms with Crippen LogP contribution in [-0.4, -0.2) is 45.3 Å². The van der Waals surface area contributed by atoms with E-state index in [1.807, 2.05) is 6.92 Å². The number of nitrogens with one attached hydrogen (secondary N) is 3. The summed E-state index contributed by atoms with van der Waals surface area (Å²) in [6.07, 6.45) is 1.68. The van der Waals surface area contributed by atoms with Crippen LogP contribution in [0.5, 0.6) is 5.75 Å². The van der Waals surface area contributed by atoms with E-state index in [2.05, 4.69) is 20.6 Å². The highest BCUT2D eigenvalue weighted by Crippen LogP contribution is 2.13. The molecule has 0 aliphatic rings. The molecule has 33 heavy (non-hydrogen) atoms. The van der Waals surface area contributed by atoms with Crippen molar-refractivity contribution in [2.45, 2.75) is 71.9 Å². The third kappa shape index (κ3) is 8.96. The van der Waals surface area contributed by atoms with Crippen LogP contribution in [0.15, 0.2) is 29.1 Å². The van der Waals surface area contributed by atoms with Gasteiger partial charge in [-0.2, -0.15) is 0 Å². The molecule has 0 spiro atoms. The van der Waals surface area contributed by atoms with E-state index in [9.17, 15) is 19.5 Å². The van der Waals surface area contributed by atoms with Gasteiger partial charge >= 0.3 is 6.09 Å². The average Bonchev–Trinajstić information content (AvgIpc) is 2.71. The lowest BCUT2D eigenvalue weighted by Gasteiger charge is -2.23. The van der Waals surface area contributed by atoms with E-state index in [0.29, 0.717) is 25.1 Å². The summed E-state index contributed by atoms with van der Waals surface area (Å²) in [5.74, 6) is -0.198. The van der Waals surface area contributed by atoms with Crippen molar-refractivity contribution in [3.8, 4) is 5.75 Å². The molecule has 0 aliphatic carbocycles. The average molecular weight is 459 g/mol. The Labute approximate surface area is 194 Å². The van der Waals surface area contributed by atoms with Gasteiger partial charge in [-0.3, -0.25) is 14.6 Å². The summed E-state index contributed by atoms with van der Waals surface area (Å²) in [5, 5.41) is 15.0. The van der Waals surface area contributed by atoms with E-state index < -0.39 is 17.7 Å². The number of aromatic amines is 1. The van der Waals surface area contributed by atoms with Crippen LogP contribution in [0.1, 0.15) is 56.3 Å². The molecule has 180 valence electrons. The number of phenols is 1. The number of amides is 2. The summed E-state index contributed by atoms with van der Waals surface area (Å²) >= 11 is 0. The number of benzene rings is 1. The normalized spacial score (nSPS) is 12.2. The largest absolute Gasteiger partial charge is 0.508 e. The molecule has 0 saturated heterocycles. The maximum absolute atomic E-state index is 12.8. The van der Waals surface area contributed by atoms with Gasteiger partial charge in [0.15, 0.2) is 0 Å². The van der Waals surface area contributed by atoms with Gasteiger partial charge in [-0.15, -0.1) is 0 Å². The van der Waals surface area contributed by atoms with Gasteiger partial charge in [-0.25, -0.2) is 4.79 Å². The number of carbonyl (C=O) groups is 2. The van der Waals surface area contributed by atoms with Crippen LogP contribution < -0.4 is 16.2 Å². The van der Waals surface area contributed by atoms with E-state index in [1.54, 1.807) is 39.8 Å². The van der Waals surface area contributed by atoms with E-state index in [-0.39, 0.29) is 23.6 Å². The van der Waals surface area contributed by atoms with Gasteiger partial charge in [0, 0.05) is 18.7 Å². The van der Waals surface area contributed by atoms with Crippen molar-refractivity contribution in [1.82, 2.24) is 20.6 Å². The van der Waals surface area contributed by atoms with Crippen molar-refractivity contribution in [3.05, 3.63) is 57.3 Å². The van der Waals surface area contributed by atoms with Crippen LogP contribution in [0.2, 0.25) is 0 Å². The van der Waals surface area contributed by atoms with Crippen LogP contribution in [-0.2, 0) is 22.4 Å². The molecule has 2 amide bonds. The van der Waals surface area contributed by atoms with E-state index in [4.69, 9.17) is 4.74 Å². The lowest BCUT2D eigenvalue weighted by Crippen LogP contribution is -2.49. The number of phenolic OH excluding ortho intramolecular Hbond substituents is 1. The summed E-state index contributed by atoms with van der Waals surface area (Å²) in [7, 11) is 0. The molecule has 1 heterocycles. The molecule has 0 saturated carbocycles. The van der Waals surface area contributed by atoms with Crippen molar-refractivity contribution in [3.63, 3.8) is 0 Å². The Hall–Kier alpha value is -3.36. The Bertz CT molecular complexity index is 1010. The lowest BCUT2D eigenvalue weighted by atomic mass is 10.0. The number of aromatic nitrogens is 2. The second-order valence-corrected chi connectivity index (χ2v) is 9.03. The third-order valence-electron chi connectivity index (χ3n) is 4.90. The lowest BCUT2D eigenvalue weighted by molar-refractivity contribution is -0.123. The Balaban J connectivity index is 1.91. The second kappa shape index (κ2) is 11.5. The fraction of sp³-hybridized carbons (Fsp3) is 0.500. The first kappa shape index (κ1) is 25.9. The Morgan fingerprint density at radius 1 is 1.12 bits per heavy atom. The van der Waals surface area contributed by atoms with Gasteiger partial charge in [0.1, 0.15) is 23.1 Å². The van der Waals surface area contributed by atoms with Gasteiger partial charge in [0.25, 0.3) is 5.56 Å². The van der Waals surface area contributed by atoms with Gasteiger partial charge in [0.05, 0.1) is 5.69 Å². The molecule has 0 unspecified atom stereocenters. The van der Waals surface area contributed by atoms with Crippen molar-refractivity contribution in [2.75, 3.05) is 6.54 Å². The molecule has 0 fully saturated rings. The first-order valence-corrected chi connectivity index (χ1v) is 11.1. The fourth-order valence-electron chi connectivity index (χ4n) is 3.22. The highest BCUT2D eigenvalue weighted by atomic mass is 16.6. The van der Waals surface area contributed by atoms with Crippen molar-refractivity contribution < 1.29 is 19.4 Å². The van der Waals surface area contributed by atoms with Gasteiger partial charge < -0.3 is 25.5 Å². The minimum absolute atomic E-state index is 0.125. The molecule has 0 bridgehead atoms. The zero-order chi connectivity index (χ0) is 24.6. The first-order valence-electron chi connectivity index (χ1n) is 11.1. The quantitative estimate of drug-likeness (QED) is 0.427. The van der Waals surface area contributed by atoms with Crippen LogP contribution >= 0.6 is 0 Å². The molecule has 0 aliphatic heterocycles. The zero-order valence-corrected chi connectivity index (χ0v) is 19.9. The maximum Gasteiger partial charge on any atom is 0.408 e. The Morgan fingerprint density at radius 2 is 1.79 bits per heavy atom. The molecule has 2 rings (SSSR count). The number of unbranched alkanes of at least 4 members (excludes halogenated alkanes) is 1. The predicted octanol–water partition coefficient (Wildman–Crippen LogP) is 2.67. The SMILES string of the molecule is Cc1nc(C)c(=O)[nH]c1CCCCNC(=O)[C@H](Cc1ccc(O)cc1)NC(=O)OC(C)(C)C. The molecule has 0 radical (unpaired) electrons. The van der Waals surface area contributed by atoms with Crippen molar-refractivity contribution in [1.29, 1.82) is 0 Å². The Morgan fingerprint density at radius 3 is 2.42 bits per heavy atom. The maximum atomic E-state index is 12.8. The minimum Gasteiger partial charge on any atom is -0.508 e. The molecule has 1 atom stereocenters. The molecule has 1 aromatic carbocycles. The number of H-pyrrole nitrogens is 1. The summed E-state index contributed by atoms with van der Waals surface area (Å²) in [6, 6.07) is 5.63. The van der Waals surface area contributed by atoms with Crippen LogP contribution in [0.25, 0.3) is 0 Å². The first-order chi connectivity index (χ1) is 15.4. The monoisotopic (exact) mass is 458 g/mol. The minimum atomic E-state index is -0.829. The molecule has 9 nitrogen and oxygen atoms in total. The predicted molar refractivity (Wildman–Crippen MR) is 125 cm³/mol. The van der Waals surface area contributed by atoms with Crippen LogP contribution in [0.4, 0.5) is 4.79 Å². The number of hydrogen-bond acceptors (Lipinski definition) is 6. The summed E-state index contributed by atoms with van der Waals surface area (Å²) in [6.45, 7) is 9.20. The number of rotatable bonds is 9. The van der Waals surface area contributed by atoms with Gasteiger partial charge in [-0.05, 0) is 71.6 Å². The topological polar surface area (TPSA) is 133 Å². The summed E-state index contributed by atoms with van der Waals surface area (Å²) < 4.78 is 5.29. The second-order valence-electron chi connectivity index (χ2n) is 9.03. The van der Waals surface area contributed by atoms with E-state index in [1.165, 1.54) is 12.1 Å². The summed E-state index contributed by atoms with van der Waals surface area (Å²) in [4.78, 5) is 43.9. The smallest absolute Gasteiger partial charge is 0.408 e. The number of aromatic hydroxyl groups is 1. The van der Waals surface area contributed by atoms with Crippen LogP contribution in [0.3, 0.4) is 0 Å². The summed E-state index contributed by atoms with van der Waals surface area (Å²) in [5.41, 5.74) is 1.96. The number of carbonyl (C=O) groups excluding carboxylic acids is 2. The highest BCUT2D eigenvalue weighted by Gasteiger charge is 2.24. The number of ether oxygens (including phenoxy) is 1. The molecule has 1 aromatic heterocycles. The van der Waals surface area contributed by atoms with E-state index in [0.717, 1.165) is 23.4 Å². The van der Waals surface area contributed by atoms with Gasteiger partial charge in [0.2, 0.25) is 5.91 Å². The van der Waals surface area contributed by atoms with Gasteiger partial charge in [-0.1, -0.05) is 12.1 Å². The zero-order valence-electron chi connectivity index (χ0n) is 19.9. The van der Waals surface area contributed by atoms with Crippen molar-refractivity contribution in [2.24, 2.45) is 0 Å².